The van der Waals surface area contributed by atoms with E-state index in [1.165, 1.54) is 5.56 Å². The highest BCUT2D eigenvalue weighted by Crippen LogP contribution is 2.30. The summed E-state index contributed by atoms with van der Waals surface area (Å²) in [4.78, 5) is 0. The number of rotatable bonds is 6. The van der Waals surface area contributed by atoms with E-state index in [9.17, 15) is 0 Å². The standard InChI is InChI=1S/C13H21NO2/c1-5-12(14-6-2)11-8-7-10(15-3)9-13(11)16-4/h7-9,12,14H,5-6H2,1-4H3. The zero-order chi connectivity index (χ0) is 12.0. The van der Waals surface area contributed by atoms with Gasteiger partial charge in [-0.25, -0.2) is 0 Å². The van der Waals surface area contributed by atoms with Crippen molar-refractivity contribution < 1.29 is 9.47 Å². The Labute approximate surface area is 97.8 Å². The molecule has 90 valence electrons. The maximum Gasteiger partial charge on any atom is 0.127 e. The van der Waals surface area contributed by atoms with Crippen molar-refractivity contribution in [2.24, 2.45) is 0 Å². The van der Waals surface area contributed by atoms with Gasteiger partial charge in [0.1, 0.15) is 11.5 Å². The van der Waals surface area contributed by atoms with E-state index < -0.39 is 0 Å². The van der Waals surface area contributed by atoms with E-state index in [-0.39, 0.29) is 0 Å². The summed E-state index contributed by atoms with van der Waals surface area (Å²) in [6, 6.07) is 6.30. The van der Waals surface area contributed by atoms with Crippen molar-refractivity contribution in [3.63, 3.8) is 0 Å². The maximum atomic E-state index is 5.40. The number of hydrogen-bond acceptors (Lipinski definition) is 3. The van der Waals surface area contributed by atoms with Crippen molar-refractivity contribution in [2.45, 2.75) is 26.3 Å². The van der Waals surface area contributed by atoms with Crippen molar-refractivity contribution in [3.05, 3.63) is 23.8 Å². The average Bonchev–Trinajstić information content (AvgIpc) is 2.35. The number of benzene rings is 1. The van der Waals surface area contributed by atoms with E-state index in [2.05, 4.69) is 25.2 Å². The third kappa shape index (κ3) is 2.89. The van der Waals surface area contributed by atoms with E-state index in [1.807, 2.05) is 12.1 Å². The van der Waals surface area contributed by atoms with Gasteiger partial charge in [-0.1, -0.05) is 19.9 Å². The molecule has 3 heteroatoms. The topological polar surface area (TPSA) is 30.5 Å². The molecule has 0 saturated heterocycles. The zero-order valence-corrected chi connectivity index (χ0v) is 10.5. The van der Waals surface area contributed by atoms with Gasteiger partial charge in [0.2, 0.25) is 0 Å². The molecule has 1 atom stereocenters. The Morgan fingerprint density at radius 3 is 2.44 bits per heavy atom. The van der Waals surface area contributed by atoms with Crippen molar-refractivity contribution >= 4 is 0 Å². The maximum absolute atomic E-state index is 5.40. The highest BCUT2D eigenvalue weighted by Gasteiger charge is 2.13. The van der Waals surface area contributed by atoms with Gasteiger partial charge in [0.15, 0.2) is 0 Å². The molecule has 1 aromatic rings. The fourth-order valence-corrected chi connectivity index (χ4v) is 1.83. The highest BCUT2D eigenvalue weighted by atomic mass is 16.5. The minimum absolute atomic E-state index is 0.339. The monoisotopic (exact) mass is 223 g/mol. The first kappa shape index (κ1) is 12.8. The van der Waals surface area contributed by atoms with Gasteiger partial charge in [-0.3, -0.25) is 0 Å². The molecule has 0 aromatic heterocycles. The van der Waals surface area contributed by atoms with Crippen LogP contribution in [0.4, 0.5) is 0 Å². The molecule has 1 aromatic carbocycles. The molecular formula is C13H21NO2. The van der Waals surface area contributed by atoms with Gasteiger partial charge in [-0.15, -0.1) is 0 Å². The number of nitrogens with one attached hydrogen (secondary N) is 1. The fourth-order valence-electron chi connectivity index (χ4n) is 1.83. The fraction of sp³-hybridized carbons (Fsp3) is 0.538. The smallest absolute Gasteiger partial charge is 0.127 e. The van der Waals surface area contributed by atoms with Crippen LogP contribution in [0.1, 0.15) is 31.9 Å². The van der Waals surface area contributed by atoms with E-state index in [1.54, 1.807) is 14.2 Å². The Bertz CT molecular complexity index is 326. The van der Waals surface area contributed by atoms with E-state index >= 15 is 0 Å². The van der Waals surface area contributed by atoms with Crippen molar-refractivity contribution in [1.82, 2.24) is 5.32 Å². The van der Waals surface area contributed by atoms with Crippen molar-refractivity contribution in [1.29, 1.82) is 0 Å². The molecule has 0 fully saturated rings. The quantitative estimate of drug-likeness (QED) is 0.804. The van der Waals surface area contributed by atoms with Crippen LogP contribution >= 0.6 is 0 Å². The Morgan fingerprint density at radius 1 is 1.19 bits per heavy atom. The van der Waals surface area contributed by atoms with Gasteiger partial charge < -0.3 is 14.8 Å². The molecule has 0 radical (unpaired) electrons. The Hall–Kier alpha value is -1.22. The Kier molecular flexibility index (Phi) is 5.12. The van der Waals surface area contributed by atoms with Crippen LogP contribution in [0, 0.1) is 0 Å². The van der Waals surface area contributed by atoms with Crippen LogP contribution in [-0.2, 0) is 0 Å². The summed E-state index contributed by atoms with van der Waals surface area (Å²) in [5.74, 6) is 1.71. The Balaban J connectivity index is 3.01. The van der Waals surface area contributed by atoms with Crippen LogP contribution in [0.5, 0.6) is 11.5 Å². The molecule has 0 heterocycles. The van der Waals surface area contributed by atoms with E-state index in [0.717, 1.165) is 24.5 Å². The zero-order valence-electron chi connectivity index (χ0n) is 10.5. The lowest BCUT2D eigenvalue weighted by atomic mass is 10.0. The normalized spacial score (nSPS) is 12.2. The number of methoxy groups -OCH3 is 2. The lowest BCUT2D eigenvalue weighted by Crippen LogP contribution is -2.20. The molecule has 0 bridgehead atoms. The third-order valence-electron chi connectivity index (χ3n) is 2.67. The van der Waals surface area contributed by atoms with Gasteiger partial charge in [0.25, 0.3) is 0 Å². The van der Waals surface area contributed by atoms with Crippen LogP contribution < -0.4 is 14.8 Å². The van der Waals surface area contributed by atoms with Gasteiger partial charge in [-0.05, 0) is 19.0 Å². The molecule has 0 spiro atoms. The van der Waals surface area contributed by atoms with Crippen LogP contribution in [0.2, 0.25) is 0 Å². The molecule has 0 saturated carbocycles. The summed E-state index contributed by atoms with van der Waals surface area (Å²) >= 11 is 0. The minimum Gasteiger partial charge on any atom is -0.497 e. The van der Waals surface area contributed by atoms with Gasteiger partial charge >= 0.3 is 0 Å². The molecule has 1 unspecified atom stereocenters. The lowest BCUT2D eigenvalue weighted by molar-refractivity contribution is 0.383. The summed E-state index contributed by atoms with van der Waals surface area (Å²) in [6.45, 7) is 5.23. The highest BCUT2D eigenvalue weighted by molar-refractivity contribution is 5.42. The predicted octanol–water partition coefficient (Wildman–Crippen LogP) is 2.76. The molecule has 0 aliphatic rings. The van der Waals surface area contributed by atoms with Crippen LogP contribution in [0.25, 0.3) is 0 Å². The van der Waals surface area contributed by atoms with Gasteiger partial charge in [0, 0.05) is 17.7 Å². The summed E-state index contributed by atoms with van der Waals surface area (Å²) in [5.41, 5.74) is 1.19. The third-order valence-corrected chi connectivity index (χ3v) is 2.67. The second-order valence-electron chi connectivity index (χ2n) is 3.63. The second-order valence-corrected chi connectivity index (χ2v) is 3.63. The molecule has 0 amide bonds. The van der Waals surface area contributed by atoms with Crippen LogP contribution in [-0.4, -0.2) is 20.8 Å². The second kappa shape index (κ2) is 6.38. The Morgan fingerprint density at radius 2 is 1.94 bits per heavy atom. The molecule has 3 nitrogen and oxygen atoms in total. The largest absolute Gasteiger partial charge is 0.497 e. The predicted molar refractivity (Wildman–Crippen MR) is 66.3 cm³/mol. The molecule has 16 heavy (non-hydrogen) atoms. The van der Waals surface area contributed by atoms with Crippen LogP contribution in [0.15, 0.2) is 18.2 Å². The van der Waals surface area contributed by atoms with E-state index in [0.29, 0.717) is 6.04 Å². The molecule has 0 aliphatic carbocycles. The average molecular weight is 223 g/mol. The minimum atomic E-state index is 0.339. The van der Waals surface area contributed by atoms with Crippen molar-refractivity contribution in [3.8, 4) is 11.5 Å². The number of hydrogen-bond donors (Lipinski definition) is 1. The summed E-state index contributed by atoms with van der Waals surface area (Å²) < 4.78 is 10.6. The number of ether oxygens (including phenoxy) is 2. The lowest BCUT2D eigenvalue weighted by Gasteiger charge is -2.19. The van der Waals surface area contributed by atoms with Crippen molar-refractivity contribution in [2.75, 3.05) is 20.8 Å². The molecule has 1 N–H and O–H groups in total. The van der Waals surface area contributed by atoms with E-state index in [4.69, 9.17) is 9.47 Å². The first-order valence-electron chi connectivity index (χ1n) is 5.72. The summed E-state index contributed by atoms with van der Waals surface area (Å²) in [6.07, 6.45) is 1.04. The van der Waals surface area contributed by atoms with Gasteiger partial charge in [0.05, 0.1) is 14.2 Å². The molecule has 0 aliphatic heterocycles. The van der Waals surface area contributed by atoms with Crippen LogP contribution in [0.3, 0.4) is 0 Å². The van der Waals surface area contributed by atoms with Gasteiger partial charge in [-0.2, -0.15) is 0 Å². The first-order valence-corrected chi connectivity index (χ1v) is 5.72. The summed E-state index contributed by atoms with van der Waals surface area (Å²) in [7, 11) is 3.35. The SMILES string of the molecule is CCNC(CC)c1ccc(OC)cc1OC. The first-order chi connectivity index (χ1) is 7.76. The molecule has 1 rings (SSSR count). The molecular weight excluding hydrogens is 202 g/mol. The summed E-state index contributed by atoms with van der Waals surface area (Å²) in [5, 5.41) is 3.44.